The molecule has 0 radical (unpaired) electrons. The van der Waals surface area contributed by atoms with Gasteiger partial charge in [-0.05, 0) is 50.3 Å². The molecule has 0 aromatic carbocycles. The second-order valence-electron chi connectivity index (χ2n) is 7.59. The van der Waals surface area contributed by atoms with Crippen molar-refractivity contribution in [1.82, 2.24) is 9.88 Å². The van der Waals surface area contributed by atoms with Crippen molar-refractivity contribution in [1.29, 1.82) is 0 Å². The largest absolute Gasteiger partial charge is 0.466 e. The smallest absolute Gasteiger partial charge is 0.257 e. The molecular formula is C21H26N2O4. The van der Waals surface area contributed by atoms with Gasteiger partial charge >= 0.3 is 0 Å². The molecule has 0 aliphatic carbocycles. The second-order valence-corrected chi connectivity index (χ2v) is 7.59. The summed E-state index contributed by atoms with van der Waals surface area (Å²) in [5, 5.41) is 0. The zero-order valence-electron chi connectivity index (χ0n) is 15.9. The highest BCUT2D eigenvalue weighted by atomic mass is 16.5. The van der Waals surface area contributed by atoms with Gasteiger partial charge in [-0.2, -0.15) is 0 Å². The number of aryl methyl sites for hydroxylation is 2. The van der Waals surface area contributed by atoms with E-state index >= 15 is 0 Å². The lowest BCUT2D eigenvalue weighted by molar-refractivity contribution is -0.120. The molecule has 4 rings (SSSR count). The number of hydrogen-bond donors (Lipinski definition) is 0. The van der Waals surface area contributed by atoms with Crippen molar-refractivity contribution < 1.29 is 18.7 Å². The molecule has 144 valence electrons. The summed E-state index contributed by atoms with van der Waals surface area (Å²) in [6.45, 7) is 7.05. The SMILES string of the molecule is Cc1cc(C(=O)N2CC3(C2)OCCC3CCOCc2cccnc2)c(C)o1. The zero-order chi connectivity index (χ0) is 18.9. The predicted octanol–water partition coefficient (Wildman–Crippen LogP) is 3.13. The van der Waals surface area contributed by atoms with Crippen LogP contribution in [0.2, 0.25) is 0 Å². The van der Waals surface area contributed by atoms with Gasteiger partial charge in [-0.3, -0.25) is 9.78 Å². The molecule has 2 aliphatic heterocycles. The highest BCUT2D eigenvalue weighted by molar-refractivity contribution is 5.96. The molecule has 2 aromatic heterocycles. The van der Waals surface area contributed by atoms with E-state index < -0.39 is 0 Å². The summed E-state index contributed by atoms with van der Waals surface area (Å²) >= 11 is 0. The Morgan fingerprint density at radius 1 is 1.41 bits per heavy atom. The summed E-state index contributed by atoms with van der Waals surface area (Å²) in [4.78, 5) is 18.7. The molecule has 6 nitrogen and oxygen atoms in total. The number of aromatic nitrogens is 1. The van der Waals surface area contributed by atoms with Gasteiger partial charge in [0.15, 0.2) is 0 Å². The molecule has 2 aromatic rings. The van der Waals surface area contributed by atoms with Crippen LogP contribution in [0.4, 0.5) is 0 Å². The van der Waals surface area contributed by atoms with E-state index in [0.717, 1.165) is 30.8 Å². The number of carbonyl (C=O) groups excluding carboxylic acids is 1. The molecule has 1 amide bonds. The van der Waals surface area contributed by atoms with Crippen molar-refractivity contribution in [3.8, 4) is 0 Å². The number of amides is 1. The van der Waals surface area contributed by atoms with Gasteiger partial charge < -0.3 is 18.8 Å². The van der Waals surface area contributed by atoms with Crippen molar-refractivity contribution in [2.45, 2.75) is 38.9 Å². The molecule has 4 heterocycles. The summed E-state index contributed by atoms with van der Waals surface area (Å²) in [6, 6.07) is 5.76. The van der Waals surface area contributed by atoms with E-state index in [2.05, 4.69) is 4.98 Å². The van der Waals surface area contributed by atoms with Crippen molar-refractivity contribution in [3.63, 3.8) is 0 Å². The van der Waals surface area contributed by atoms with E-state index in [9.17, 15) is 4.79 Å². The minimum absolute atomic E-state index is 0.0389. The topological polar surface area (TPSA) is 64.8 Å². The number of pyridine rings is 1. The molecule has 1 spiro atoms. The van der Waals surface area contributed by atoms with Gasteiger partial charge in [0.05, 0.1) is 25.3 Å². The standard InChI is InChI=1S/C21H26N2O4/c1-15-10-19(16(2)27-15)20(24)23-13-21(14-23)18(6-9-26-21)5-8-25-12-17-4-3-7-22-11-17/h3-4,7,10-11,18H,5-6,8-9,12-14H2,1-2H3. The Kier molecular flexibility index (Phi) is 5.02. The fourth-order valence-electron chi connectivity index (χ4n) is 4.20. The minimum Gasteiger partial charge on any atom is -0.466 e. The van der Waals surface area contributed by atoms with Crippen LogP contribution in [0, 0.1) is 19.8 Å². The van der Waals surface area contributed by atoms with Crippen LogP contribution in [0.5, 0.6) is 0 Å². The van der Waals surface area contributed by atoms with Gasteiger partial charge in [-0.25, -0.2) is 0 Å². The van der Waals surface area contributed by atoms with Crippen LogP contribution in [0.15, 0.2) is 35.0 Å². The molecule has 2 saturated heterocycles. The van der Waals surface area contributed by atoms with Crippen LogP contribution >= 0.6 is 0 Å². The summed E-state index contributed by atoms with van der Waals surface area (Å²) in [7, 11) is 0. The third kappa shape index (κ3) is 3.64. The van der Waals surface area contributed by atoms with Crippen molar-refractivity contribution >= 4 is 5.91 Å². The zero-order valence-corrected chi connectivity index (χ0v) is 15.9. The van der Waals surface area contributed by atoms with Crippen molar-refractivity contribution in [3.05, 3.63) is 53.2 Å². The van der Waals surface area contributed by atoms with Crippen molar-refractivity contribution in [2.24, 2.45) is 5.92 Å². The Morgan fingerprint density at radius 3 is 2.96 bits per heavy atom. The maximum Gasteiger partial charge on any atom is 0.257 e. The summed E-state index contributed by atoms with van der Waals surface area (Å²) in [5.74, 6) is 1.93. The number of hydrogen-bond acceptors (Lipinski definition) is 5. The molecule has 0 bridgehead atoms. The quantitative estimate of drug-likeness (QED) is 0.731. The Balaban J connectivity index is 1.28. The van der Waals surface area contributed by atoms with Crippen molar-refractivity contribution in [2.75, 3.05) is 26.3 Å². The first kappa shape index (κ1) is 18.2. The van der Waals surface area contributed by atoms with Crippen LogP contribution in [0.25, 0.3) is 0 Å². The van der Waals surface area contributed by atoms with E-state index in [1.807, 2.05) is 43.1 Å². The van der Waals surface area contributed by atoms with E-state index in [1.165, 1.54) is 0 Å². The molecule has 1 atom stereocenters. The average molecular weight is 370 g/mol. The maximum absolute atomic E-state index is 12.7. The third-order valence-corrected chi connectivity index (χ3v) is 5.68. The molecule has 6 heteroatoms. The summed E-state index contributed by atoms with van der Waals surface area (Å²) in [5.41, 5.74) is 1.55. The Labute approximate surface area is 159 Å². The highest BCUT2D eigenvalue weighted by Crippen LogP contribution is 2.42. The van der Waals surface area contributed by atoms with Crippen LogP contribution in [0.3, 0.4) is 0 Å². The van der Waals surface area contributed by atoms with Gasteiger partial charge in [-0.15, -0.1) is 0 Å². The first-order valence-corrected chi connectivity index (χ1v) is 9.54. The molecule has 2 aliphatic rings. The van der Waals surface area contributed by atoms with E-state index in [-0.39, 0.29) is 11.5 Å². The number of rotatable bonds is 6. The summed E-state index contributed by atoms with van der Waals surface area (Å²) in [6.07, 6.45) is 5.57. The molecular weight excluding hydrogens is 344 g/mol. The minimum atomic E-state index is -0.194. The van der Waals surface area contributed by atoms with Crippen LogP contribution in [-0.4, -0.2) is 47.7 Å². The van der Waals surface area contributed by atoms with Gasteiger partial charge in [0.2, 0.25) is 0 Å². The molecule has 27 heavy (non-hydrogen) atoms. The fourth-order valence-corrected chi connectivity index (χ4v) is 4.20. The van der Waals surface area contributed by atoms with Crippen LogP contribution in [0.1, 0.15) is 40.3 Å². The Hall–Kier alpha value is -2.18. The lowest BCUT2D eigenvalue weighted by Gasteiger charge is -2.50. The lowest BCUT2D eigenvalue weighted by Crippen LogP contribution is -2.66. The van der Waals surface area contributed by atoms with Gasteiger partial charge in [0, 0.05) is 25.6 Å². The third-order valence-electron chi connectivity index (χ3n) is 5.68. The highest BCUT2D eigenvalue weighted by Gasteiger charge is 2.54. The second kappa shape index (κ2) is 7.44. The number of ether oxygens (including phenoxy) is 2. The molecule has 0 saturated carbocycles. The average Bonchev–Trinajstić information content (AvgIpc) is 3.20. The first-order valence-electron chi connectivity index (χ1n) is 9.54. The Morgan fingerprint density at radius 2 is 2.26 bits per heavy atom. The maximum atomic E-state index is 12.7. The number of furan rings is 1. The van der Waals surface area contributed by atoms with E-state index in [4.69, 9.17) is 13.9 Å². The molecule has 2 fully saturated rings. The van der Waals surface area contributed by atoms with Gasteiger partial charge in [0.25, 0.3) is 5.91 Å². The summed E-state index contributed by atoms with van der Waals surface area (Å²) < 4.78 is 17.4. The normalized spacial score (nSPS) is 20.8. The first-order chi connectivity index (χ1) is 13.1. The van der Waals surface area contributed by atoms with E-state index in [1.54, 1.807) is 6.20 Å². The number of likely N-dealkylation sites (tertiary alicyclic amines) is 1. The number of nitrogens with zero attached hydrogens (tertiary/aromatic N) is 2. The monoisotopic (exact) mass is 370 g/mol. The lowest BCUT2D eigenvalue weighted by atomic mass is 9.79. The van der Waals surface area contributed by atoms with Crippen LogP contribution < -0.4 is 0 Å². The van der Waals surface area contributed by atoms with E-state index in [0.29, 0.717) is 43.5 Å². The van der Waals surface area contributed by atoms with Crippen LogP contribution in [-0.2, 0) is 16.1 Å². The predicted molar refractivity (Wildman–Crippen MR) is 99.4 cm³/mol. The molecule has 0 N–H and O–H groups in total. The fraction of sp³-hybridized carbons (Fsp3) is 0.524. The van der Waals surface area contributed by atoms with Gasteiger partial charge in [-0.1, -0.05) is 6.07 Å². The van der Waals surface area contributed by atoms with Gasteiger partial charge in [0.1, 0.15) is 17.1 Å². The number of carbonyl (C=O) groups is 1. The molecule has 1 unspecified atom stereocenters. The Bertz CT molecular complexity index is 796.